The molecule has 0 aliphatic rings. The molecule has 0 radical (unpaired) electrons. The molecule has 13 heavy (non-hydrogen) atoms. The van der Waals surface area contributed by atoms with Crippen molar-refractivity contribution in [2.75, 3.05) is 6.54 Å². The fraction of sp³-hybridized carbons (Fsp3) is 0.400. The third-order valence-corrected chi connectivity index (χ3v) is 2.22. The van der Waals surface area contributed by atoms with E-state index in [2.05, 4.69) is 0 Å². The molecule has 0 unspecified atom stereocenters. The molecule has 1 aromatic carbocycles. The van der Waals surface area contributed by atoms with Crippen molar-refractivity contribution in [2.45, 2.75) is 19.3 Å². The SMILES string of the molecule is CC(C)(CN)c1ccc(O)cc1O. The quantitative estimate of drug-likeness (QED) is 0.645. The van der Waals surface area contributed by atoms with Gasteiger partial charge in [0.25, 0.3) is 0 Å². The molecule has 0 saturated carbocycles. The lowest BCUT2D eigenvalue weighted by Crippen LogP contribution is -2.28. The average Bonchev–Trinajstić information content (AvgIpc) is 2.03. The van der Waals surface area contributed by atoms with Gasteiger partial charge in [0, 0.05) is 23.6 Å². The molecule has 0 bridgehead atoms. The highest BCUT2D eigenvalue weighted by Gasteiger charge is 2.21. The fourth-order valence-corrected chi connectivity index (χ4v) is 1.20. The summed E-state index contributed by atoms with van der Waals surface area (Å²) in [7, 11) is 0. The van der Waals surface area contributed by atoms with Crippen LogP contribution in [0, 0.1) is 0 Å². The van der Waals surface area contributed by atoms with Gasteiger partial charge in [-0.25, -0.2) is 0 Å². The van der Waals surface area contributed by atoms with E-state index < -0.39 is 0 Å². The third-order valence-electron chi connectivity index (χ3n) is 2.22. The van der Waals surface area contributed by atoms with Crippen molar-refractivity contribution >= 4 is 0 Å². The average molecular weight is 181 g/mol. The first-order chi connectivity index (χ1) is 5.97. The van der Waals surface area contributed by atoms with E-state index in [1.165, 1.54) is 6.07 Å². The summed E-state index contributed by atoms with van der Waals surface area (Å²) >= 11 is 0. The summed E-state index contributed by atoms with van der Waals surface area (Å²) in [5.41, 5.74) is 6.06. The maximum Gasteiger partial charge on any atom is 0.123 e. The highest BCUT2D eigenvalue weighted by molar-refractivity contribution is 5.43. The molecule has 0 aliphatic carbocycles. The van der Waals surface area contributed by atoms with Crippen LogP contribution < -0.4 is 5.73 Å². The summed E-state index contributed by atoms with van der Waals surface area (Å²) in [5.74, 6) is 0.157. The van der Waals surface area contributed by atoms with E-state index in [0.717, 1.165) is 5.56 Å². The molecule has 0 aliphatic heterocycles. The first-order valence-electron chi connectivity index (χ1n) is 4.20. The van der Waals surface area contributed by atoms with Crippen LogP contribution in [0.5, 0.6) is 11.5 Å². The minimum absolute atomic E-state index is 0.0640. The van der Waals surface area contributed by atoms with Crippen LogP contribution in [0.15, 0.2) is 18.2 Å². The van der Waals surface area contributed by atoms with Gasteiger partial charge in [-0.05, 0) is 6.07 Å². The van der Waals surface area contributed by atoms with Crippen LogP contribution >= 0.6 is 0 Å². The van der Waals surface area contributed by atoms with Crippen molar-refractivity contribution in [2.24, 2.45) is 5.73 Å². The number of hydrogen-bond donors (Lipinski definition) is 3. The normalized spacial score (nSPS) is 11.6. The summed E-state index contributed by atoms with van der Waals surface area (Å²) in [6, 6.07) is 4.57. The molecule has 1 rings (SSSR count). The van der Waals surface area contributed by atoms with Crippen molar-refractivity contribution in [1.29, 1.82) is 0 Å². The molecule has 3 heteroatoms. The molecule has 0 atom stereocenters. The van der Waals surface area contributed by atoms with E-state index in [0.29, 0.717) is 6.54 Å². The Balaban J connectivity index is 3.16. The van der Waals surface area contributed by atoms with Gasteiger partial charge in [-0.1, -0.05) is 19.9 Å². The van der Waals surface area contributed by atoms with Crippen molar-refractivity contribution in [3.8, 4) is 11.5 Å². The van der Waals surface area contributed by atoms with E-state index in [1.54, 1.807) is 12.1 Å². The molecule has 1 aromatic rings. The van der Waals surface area contributed by atoms with Gasteiger partial charge in [0.15, 0.2) is 0 Å². The number of rotatable bonds is 2. The molecule has 4 N–H and O–H groups in total. The third kappa shape index (κ3) is 1.92. The lowest BCUT2D eigenvalue weighted by molar-refractivity contribution is 0.425. The lowest BCUT2D eigenvalue weighted by atomic mass is 9.84. The zero-order valence-corrected chi connectivity index (χ0v) is 7.91. The van der Waals surface area contributed by atoms with Gasteiger partial charge < -0.3 is 15.9 Å². The number of hydrogen-bond acceptors (Lipinski definition) is 3. The Labute approximate surface area is 77.8 Å². The Kier molecular flexibility index (Phi) is 2.48. The van der Waals surface area contributed by atoms with Crippen LogP contribution in [0.2, 0.25) is 0 Å². The molecular formula is C10H15NO2. The number of phenolic OH excluding ortho intramolecular Hbond substituents is 2. The maximum absolute atomic E-state index is 9.54. The van der Waals surface area contributed by atoms with Crippen LogP contribution in [-0.4, -0.2) is 16.8 Å². The highest BCUT2D eigenvalue weighted by atomic mass is 16.3. The summed E-state index contributed by atoms with van der Waals surface area (Å²) in [6.45, 7) is 4.34. The number of benzene rings is 1. The Morgan fingerprint density at radius 1 is 1.31 bits per heavy atom. The van der Waals surface area contributed by atoms with Crippen molar-refractivity contribution in [1.82, 2.24) is 0 Å². The zero-order chi connectivity index (χ0) is 10.1. The van der Waals surface area contributed by atoms with E-state index in [-0.39, 0.29) is 16.9 Å². The topological polar surface area (TPSA) is 66.5 Å². The summed E-state index contributed by atoms with van der Waals surface area (Å²) < 4.78 is 0. The van der Waals surface area contributed by atoms with Gasteiger partial charge >= 0.3 is 0 Å². The Bertz CT molecular complexity index is 308. The fourth-order valence-electron chi connectivity index (χ4n) is 1.20. The Morgan fingerprint density at radius 2 is 1.92 bits per heavy atom. The van der Waals surface area contributed by atoms with Crippen LogP contribution in [0.3, 0.4) is 0 Å². The predicted molar refractivity (Wildman–Crippen MR) is 51.9 cm³/mol. The smallest absolute Gasteiger partial charge is 0.123 e. The van der Waals surface area contributed by atoms with E-state index in [1.807, 2.05) is 13.8 Å². The molecule has 0 heterocycles. The van der Waals surface area contributed by atoms with Gasteiger partial charge in [-0.2, -0.15) is 0 Å². The lowest BCUT2D eigenvalue weighted by Gasteiger charge is -2.23. The van der Waals surface area contributed by atoms with Crippen LogP contribution in [0.4, 0.5) is 0 Å². The zero-order valence-electron chi connectivity index (χ0n) is 7.91. The summed E-state index contributed by atoms with van der Waals surface area (Å²) in [6.07, 6.45) is 0. The second-order valence-electron chi connectivity index (χ2n) is 3.79. The molecule has 0 amide bonds. The minimum Gasteiger partial charge on any atom is -0.508 e. The molecule has 0 spiro atoms. The first-order valence-corrected chi connectivity index (χ1v) is 4.20. The second kappa shape index (κ2) is 3.26. The maximum atomic E-state index is 9.54. The summed E-state index contributed by atoms with van der Waals surface area (Å²) in [4.78, 5) is 0. The molecule has 0 saturated heterocycles. The Hall–Kier alpha value is -1.22. The molecule has 3 nitrogen and oxygen atoms in total. The van der Waals surface area contributed by atoms with E-state index >= 15 is 0 Å². The van der Waals surface area contributed by atoms with E-state index in [4.69, 9.17) is 10.8 Å². The number of aromatic hydroxyl groups is 2. The molecular weight excluding hydrogens is 166 g/mol. The van der Waals surface area contributed by atoms with Crippen LogP contribution in [0.25, 0.3) is 0 Å². The van der Waals surface area contributed by atoms with E-state index in [9.17, 15) is 5.11 Å². The molecule has 72 valence electrons. The standard InChI is InChI=1S/C10H15NO2/c1-10(2,6-11)8-4-3-7(12)5-9(8)13/h3-5,12-13H,6,11H2,1-2H3. The largest absolute Gasteiger partial charge is 0.508 e. The summed E-state index contributed by atoms with van der Waals surface area (Å²) in [5, 5.41) is 18.6. The Morgan fingerprint density at radius 3 is 2.38 bits per heavy atom. The van der Waals surface area contributed by atoms with Crippen molar-refractivity contribution in [3.05, 3.63) is 23.8 Å². The first kappa shape index (κ1) is 9.86. The van der Waals surface area contributed by atoms with Gasteiger partial charge in [0.05, 0.1) is 0 Å². The predicted octanol–water partition coefficient (Wildman–Crippen LogP) is 1.33. The highest BCUT2D eigenvalue weighted by Crippen LogP contribution is 2.32. The van der Waals surface area contributed by atoms with Crippen LogP contribution in [-0.2, 0) is 5.41 Å². The van der Waals surface area contributed by atoms with Crippen LogP contribution in [0.1, 0.15) is 19.4 Å². The molecule has 0 aromatic heterocycles. The van der Waals surface area contributed by atoms with Gasteiger partial charge in [-0.3, -0.25) is 0 Å². The van der Waals surface area contributed by atoms with Gasteiger partial charge in [0.1, 0.15) is 11.5 Å². The minimum atomic E-state index is -0.266. The van der Waals surface area contributed by atoms with Crippen molar-refractivity contribution < 1.29 is 10.2 Å². The monoisotopic (exact) mass is 181 g/mol. The van der Waals surface area contributed by atoms with Crippen molar-refractivity contribution in [3.63, 3.8) is 0 Å². The van der Waals surface area contributed by atoms with Gasteiger partial charge in [-0.15, -0.1) is 0 Å². The van der Waals surface area contributed by atoms with Gasteiger partial charge in [0.2, 0.25) is 0 Å². The number of phenols is 2. The number of nitrogens with two attached hydrogens (primary N) is 1. The second-order valence-corrected chi connectivity index (χ2v) is 3.79. The molecule has 0 fully saturated rings.